The Morgan fingerprint density at radius 1 is 1.40 bits per heavy atom. The largest absolute Gasteiger partial charge is 0.352 e. The molecule has 25 heavy (non-hydrogen) atoms. The highest BCUT2D eigenvalue weighted by Crippen LogP contribution is 2.16. The summed E-state index contributed by atoms with van der Waals surface area (Å²) in [5.41, 5.74) is 0.796. The van der Waals surface area contributed by atoms with Crippen molar-refractivity contribution in [3.63, 3.8) is 0 Å². The summed E-state index contributed by atoms with van der Waals surface area (Å²) in [6.45, 7) is 5.70. The van der Waals surface area contributed by atoms with Crippen molar-refractivity contribution in [3.8, 4) is 0 Å². The number of nitrogens with one attached hydrogen (secondary N) is 3. The Morgan fingerprint density at radius 2 is 2.20 bits per heavy atom. The molecule has 0 saturated carbocycles. The molecule has 2 aromatic rings. The number of aromatic nitrogens is 3. The second-order valence-corrected chi connectivity index (χ2v) is 6.76. The van der Waals surface area contributed by atoms with Crippen LogP contribution in [0.3, 0.4) is 0 Å². The monoisotopic (exact) mass is 379 g/mol. The smallest absolute Gasteiger partial charge is 0.251 e. The minimum atomic E-state index is -0.375. The number of hydrogen-bond acceptors (Lipinski definition) is 7. The summed E-state index contributed by atoms with van der Waals surface area (Å²) in [7, 11) is 0. The summed E-state index contributed by atoms with van der Waals surface area (Å²) in [6.07, 6.45) is 1.54. The molecule has 0 saturated heterocycles. The van der Waals surface area contributed by atoms with Gasteiger partial charge in [0.2, 0.25) is 11.8 Å². The SMILES string of the molecule is C=CCNC(=O)Cc1cc(=O)[nH]c(SCC(=O)Nc2nc(C)cs2)n1. The topological polar surface area (TPSA) is 117 Å². The average molecular weight is 379 g/mol. The molecule has 2 amide bonds. The summed E-state index contributed by atoms with van der Waals surface area (Å²) < 4.78 is 0. The lowest BCUT2D eigenvalue weighted by Crippen LogP contribution is -2.26. The first-order valence-electron chi connectivity index (χ1n) is 7.29. The molecule has 0 aromatic carbocycles. The predicted molar refractivity (Wildman–Crippen MR) is 98.0 cm³/mol. The number of hydrogen-bond donors (Lipinski definition) is 3. The van der Waals surface area contributed by atoms with Gasteiger partial charge in [0.05, 0.1) is 23.6 Å². The van der Waals surface area contributed by atoms with Crippen LogP contribution in [0.15, 0.2) is 34.1 Å². The lowest BCUT2D eigenvalue weighted by molar-refractivity contribution is -0.120. The number of carbonyl (C=O) groups excluding carboxylic acids is 2. The first-order chi connectivity index (χ1) is 12.0. The molecule has 0 fully saturated rings. The fourth-order valence-corrected chi connectivity index (χ4v) is 3.15. The average Bonchev–Trinajstić information content (AvgIpc) is 2.95. The van der Waals surface area contributed by atoms with Gasteiger partial charge in [0.1, 0.15) is 0 Å². The summed E-state index contributed by atoms with van der Waals surface area (Å²) in [5, 5.41) is 7.93. The van der Waals surface area contributed by atoms with Gasteiger partial charge in [0.15, 0.2) is 10.3 Å². The molecule has 2 aromatic heterocycles. The van der Waals surface area contributed by atoms with Gasteiger partial charge in [-0.1, -0.05) is 17.8 Å². The number of amides is 2. The van der Waals surface area contributed by atoms with E-state index >= 15 is 0 Å². The van der Waals surface area contributed by atoms with Gasteiger partial charge in [-0.3, -0.25) is 14.4 Å². The summed E-state index contributed by atoms with van der Waals surface area (Å²) in [6, 6.07) is 1.26. The molecule has 0 atom stereocenters. The molecule has 0 aliphatic rings. The molecule has 3 N–H and O–H groups in total. The van der Waals surface area contributed by atoms with Gasteiger partial charge in [-0.2, -0.15) is 0 Å². The van der Waals surface area contributed by atoms with Gasteiger partial charge < -0.3 is 15.6 Å². The van der Waals surface area contributed by atoms with Gasteiger partial charge in [-0.25, -0.2) is 9.97 Å². The van der Waals surface area contributed by atoms with E-state index in [0.717, 1.165) is 17.5 Å². The van der Waals surface area contributed by atoms with Crippen LogP contribution in [0.25, 0.3) is 0 Å². The van der Waals surface area contributed by atoms with Crippen molar-refractivity contribution in [2.45, 2.75) is 18.5 Å². The van der Waals surface area contributed by atoms with Crippen LogP contribution in [0.2, 0.25) is 0 Å². The highest BCUT2D eigenvalue weighted by molar-refractivity contribution is 7.99. The van der Waals surface area contributed by atoms with Crippen LogP contribution in [0.4, 0.5) is 5.13 Å². The van der Waals surface area contributed by atoms with E-state index < -0.39 is 0 Å². The third-order valence-electron chi connectivity index (χ3n) is 2.76. The lowest BCUT2D eigenvalue weighted by atomic mass is 10.3. The van der Waals surface area contributed by atoms with Gasteiger partial charge >= 0.3 is 0 Å². The number of rotatable bonds is 8. The van der Waals surface area contributed by atoms with Crippen LogP contribution in [0.5, 0.6) is 0 Å². The van der Waals surface area contributed by atoms with Crippen LogP contribution in [-0.2, 0) is 16.0 Å². The number of anilines is 1. The third kappa shape index (κ3) is 6.51. The van der Waals surface area contributed by atoms with E-state index in [2.05, 4.69) is 32.2 Å². The van der Waals surface area contributed by atoms with Crippen LogP contribution >= 0.6 is 23.1 Å². The van der Waals surface area contributed by atoms with Crippen LogP contribution in [0, 0.1) is 6.92 Å². The number of aryl methyl sites for hydroxylation is 1. The molecule has 0 radical (unpaired) electrons. The van der Waals surface area contributed by atoms with Gasteiger partial charge in [0, 0.05) is 18.0 Å². The molecule has 132 valence electrons. The number of thiazole rings is 1. The molecule has 10 heteroatoms. The molecule has 0 aliphatic carbocycles. The Kier molecular flexibility index (Phi) is 6.90. The van der Waals surface area contributed by atoms with Crippen molar-refractivity contribution < 1.29 is 9.59 Å². The van der Waals surface area contributed by atoms with Crippen LogP contribution < -0.4 is 16.2 Å². The zero-order valence-corrected chi connectivity index (χ0v) is 15.1. The van der Waals surface area contributed by atoms with E-state index in [1.807, 2.05) is 12.3 Å². The zero-order valence-electron chi connectivity index (χ0n) is 13.5. The predicted octanol–water partition coefficient (Wildman–Crippen LogP) is 1.11. The second-order valence-electron chi connectivity index (χ2n) is 4.94. The van der Waals surface area contributed by atoms with E-state index in [9.17, 15) is 14.4 Å². The van der Waals surface area contributed by atoms with Crippen LogP contribution in [0.1, 0.15) is 11.4 Å². The van der Waals surface area contributed by atoms with E-state index in [4.69, 9.17) is 0 Å². The molecular formula is C15H17N5O3S2. The van der Waals surface area contributed by atoms with Crippen molar-refractivity contribution in [2.75, 3.05) is 17.6 Å². The lowest BCUT2D eigenvalue weighted by Gasteiger charge is -2.05. The first kappa shape index (κ1) is 18.9. The highest BCUT2D eigenvalue weighted by atomic mass is 32.2. The van der Waals surface area contributed by atoms with E-state index in [0.29, 0.717) is 17.4 Å². The van der Waals surface area contributed by atoms with Crippen molar-refractivity contribution >= 4 is 40.0 Å². The Hall–Kier alpha value is -2.46. The number of H-pyrrole nitrogens is 1. The molecule has 0 spiro atoms. The fourth-order valence-electron chi connectivity index (χ4n) is 1.76. The number of nitrogens with zero attached hydrogens (tertiary/aromatic N) is 2. The molecule has 0 aliphatic heterocycles. The molecule has 0 unspecified atom stereocenters. The van der Waals surface area contributed by atoms with E-state index in [1.165, 1.54) is 17.4 Å². The Bertz CT molecular complexity index is 831. The Labute approximate surface area is 152 Å². The normalized spacial score (nSPS) is 10.3. The van der Waals surface area contributed by atoms with Gasteiger partial charge in [-0.05, 0) is 6.92 Å². The maximum Gasteiger partial charge on any atom is 0.251 e. The quantitative estimate of drug-likeness (QED) is 0.359. The first-order valence-corrected chi connectivity index (χ1v) is 9.15. The minimum absolute atomic E-state index is 0.0179. The third-order valence-corrected chi connectivity index (χ3v) is 4.51. The molecule has 2 rings (SSSR count). The maximum absolute atomic E-state index is 11.9. The van der Waals surface area contributed by atoms with Crippen molar-refractivity contribution in [1.82, 2.24) is 20.3 Å². The minimum Gasteiger partial charge on any atom is -0.352 e. The van der Waals surface area contributed by atoms with Crippen LogP contribution in [-0.4, -0.2) is 39.1 Å². The van der Waals surface area contributed by atoms with Gasteiger partial charge in [0.25, 0.3) is 5.56 Å². The second kappa shape index (κ2) is 9.14. The standard InChI is InChI=1S/C15H17N5O3S2/c1-3-4-16-11(21)5-10-6-12(22)19-15(18-10)25-8-13(23)20-14-17-9(2)7-24-14/h3,6-7H,1,4-5,8H2,2H3,(H,16,21)(H,17,20,23)(H,18,19,22). The molecular weight excluding hydrogens is 362 g/mol. The van der Waals surface area contributed by atoms with Crippen molar-refractivity contribution in [3.05, 3.63) is 45.8 Å². The Morgan fingerprint density at radius 3 is 2.88 bits per heavy atom. The Balaban J connectivity index is 1.92. The summed E-state index contributed by atoms with van der Waals surface area (Å²) >= 11 is 2.42. The van der Waals surface area contributed by atoms with E-state index in [-0.39, 0.29) is 34.7 Å². The zero-order chi connectivity index (χ0) is 18.2. The summed E-state index contributed by atoms with van der Waals surface area (Å²) in [4.78, 5) is 46.1. The number of aromatic amines is 1. The summed E-state index contributed by atoms with van der Waals surface area (Å²) in [5.74, 6) is -0.449. The number of carbonyl (C=O) groups is 2. The molecule has 8 nitrogen and oxygen atoms in total. The molecule has 2 heterocycles. The molecule has 0 bridgehead atoms. The maximum atomic E-state index is 11.9. The van der Waals surface area contributed by atoms with Gasteiger partial charge in [-0.15, -0.1) is 17.9 Å². The highest BCUT2D eigenvalue weighted by Gasteiger charge is 2.10. The fraction of sp³-hybridized carbons (Fsp3) is 0.267. The van der Waals surface area contributed by atoms with Crippen molar-refractivity contribution in [1.29, 1.82) is 0 Å². The number of thioether (sulfide) groups is 1. The van der Waals surface area contributed by atoms with E-state index in [1.54, 1.807) is 6.08 Å². The van der Waals surface area contributed by atoms with Crippen molar-refractivity contribution in [2.24, 2.45) is 0 Å².